The standard InChI is InChI=1S/C16H13N3O2/c20-15-11-4-2-7-18-14(11)16(21)19(15)13-5-1-3-10-6-8-17-9-12(10)13/h1-5,7,17H,6,8-9H2. The number of pyridine rings is 1. The van der Waals surface area contributed by atoms with Crippen molar-refractivity contribution in [3.8, 4) is 0 Å². The largest absolute Gasteiger partial charge is 0.312 e. The van der Waals surface area contributed by atoms with Crippen molar-refractivity contribution in [2.24, 2.45) is 0 Å². The van der Waals surface area contributed by atoms with Gasteiger partial charge in [0.15, 0.2) is 0 Å². The van der Waals surface area contributed by atoms with Crippen molar-refractivity contribution < 1.29 is 9.59 Å². The summed E-state index contributed by atoms with van der Waals surface area (Å²) < 4.78 is 0. The lowest BCUT2D eigenvalue weighted by Crippen LogP contribution is -2.33. The molecule has 0 fully saturated rings. The topological polar surface area (TPSA) is 62.3 Å². The van der Waals surface area contributed by atoms with E-state index in [4.69, 9.17) is 0 Å². The highest BCUT2D eigenvalue weighted by atomic mass is 16.2. The molecule has 2 amide bonds. The van der Waals surface area contributed by atoms with E-state index < -0.39 is 0 Å². The zero-order valence-electron chi connectivity index (χ0n) is 11.3. The number of nitrogens with one attached hydrogen (secondary N) is 1. The molecule has 0 radical (unpaired) electrons. The lowest BCUT2D eigenvalue weighted by atomic mass is 9.98. The molecule has 5 heteroatoms. The fourth-order valence-corrected chi connectivity index (χ4v) is 2.99. The Morgan fingerprint density at radius 1 is 1.10 bits per heavy atom. The van der Waals surface area contributed by atoms with Crippen LogP contribution in [0.1, 0.15) is 32.0 Å². The Bertz CT molecular complexity index is 735. The fraction of sp³-hybridized carbons (Fsp3) is 0.188. The smallest absolute Gasteiger partial charge is 0.284 e. The van der Waals surface area contributed by atoms with Gasteiger partial charge in [-0.3, -0.25) is 14.6 Å². The maximum absolute atomic E-state index is 12.5. The van der Waals surface area contributed by atoms with Crippen LogP contribution in [0, 0.1) is 0 Å². The second-order valence-corrected chi connectivity index (χ2v) is 5.19. The number of anilines is 1. The fourth-order valence-electron chi connectivity index (χ4n) is 2.99. The Labute approximate surface area is 121 Å². The predicted octanol–water partition coefficient (Wildman–Crippen LogP) is 1.53. The number of carbonyl (C=O) groups is 2. The summed E-state index contributed by atoms with van der Waals surface area (Å²) in [5, 5.41) is 3.29. The van der Waals surface area contributed by atoms with Crippen molar-refractivity contribution in [3.63, 3.8) is 0 Å². The van der Waals surface area contributed by atoms with Crippen LogP contribution in [0.5, 0.6) is 0 Å². The molecular formula is C16H13N3O2. The Kier molecular flexibility index (Phi) is 2.62. The van der Waals surface area contributed by atoms with Crippen molar-refractivity contribution in [2.45, 2.75) is 13.0 Å². The molecule has 1 N–H and O–H groups in total. The van der Waals surface area contributed by atoms with Gasteiger partial charge in [-0.2, -0.15) is 0 Å². The molecule has 1 aromatic carbocycles. The highest BCUT2D eigenvalue weighted by Gasteiger charge is 2.39. The van der Waals surface area contributed by atoms with Crippen LogP contribution in [0.2, 0.25) is 0 Å². The quantitative estimate of drug-likeness (QED) is 0.804. The van der Waals surface area contributed by atoms with Crippen LogP contribution in [-0.2, 0) is 13.0 Å². The van der Waals surface area contributed by atoms with Crippen molar-refractivity contribution in [1.82, 2.24) is 10.3 Å². The number of carbonyl (C=O) groups excluding carboxylic acids is 2. The number of hydrogen-bond donors (Lipinski definition) is 1. The van der Waals surface area contributed by atoms with Gasteiger partial charge >= 0.3 is 0 Å². The summed E-state index contributed by atoms with van der Waals surface area (Å²) in [4.78, 5) is 30.4. The number of rotatable bonds is 1. The molecule has 0 saturated heterocycles. The van der Waals surface area contributed by atoms with Gasteiger partial charge in [0.25, 0.3) is 11.8 Å². The Balaban J connectivity index is 1.86. The summed E-state index contributed by atoms with van der Waals surface area (Å²) in [6.45, 7) is 1.59. The Hall–Kier alpha value is -2.53. The summed E-state index contributed by atoms with van der Waals surface area (Å²) in [5.41, 5.74) is 3.51. The first-order valence-electron chi connectivity index (χ1n) is 6.92. The van der Waals surface area contributed by atoms with Crippen LogP contribution >= 0.6 is 0 Å². The molecule has 21 heavy (non-hydrogen) atoms. The van der Waals surface area contributed by atoms with Crippen molar-refractivity contribution in [1.29, 1.82) is 0 Å². The molecule has 4 rings (SSSR count). The van der Waals surface area contributed by atoms with E-state index in [9.17, 15) is 9.59 Å². The van der Waals surface area contributed by atoms with Crippen LogP contribution < -0.4 is 10.2 Å². The second kappa shape index (κ2) is 4.49. The average molecular weight is 279 g/mol. The maximum atomic E-state index is 12.5. The van der Waals surface area contributed by atoms with Gasteiger partial charge in [-0.25, -0.2) is 4.90 Å². The number of fused-ring (bicyclic) bond motifs is 2. The maximum Gasteiger partial charge on any atom is 0.284 e. The van der Waals surface area contributed by atoms with Gasteiger partial charge in [0.05, 0.1) is 11.3 Å². The summed E-state index contributed by atoms with van der Waals surface area (Å²) in [7, 11) is 0. The van der Waals surface area contributed by atoms with E-state index in [0.717, 1.165) is 18.5 Å². The molecule has 0 atom stereocenters. The molecular weight excluding hydrogens is 266 g/mol. The summed E-state index contributed by atoms with van der Waals surface area (Å²) >= 11 is 0. The number of nitrogens with zero attached hydrogens (tertiary/aromatic N) is 2. The first kappa shape index (κ1) is 12.2. The molecule has 0 aliphatic carbocycles. The second-order valence-electron chi connectivity index (χ2n) is 5.19. The van der Waals surface area contributed by atoms with Crippen LogP contribution in [0.15, 0.2) is 36.5 Å². The van der Waals surface area contributed by atoms with Crippen molar-refractivity contribution >= 4 is 17.5 Å². The van der Waals surface area contributed by atoms with E-state index in [1.165, 1.54) is 16.7 Å². The molecule has 2 aliphatic heterocycles. The number of hydrogen-bond acceptors (Lipinski definition) is 4. The van der Waals surface area contributed by atoms with Crippen LogP contribution in [0.4, 0.5) is 5.69 Å². The van der Waals surface area contributed by atoms with Gasteiger partial charge in [0.1, 0.15) is 5.69 Å². The van der Waals surface area contributed by atoms with Gasteiger partial charge in [0, 0.05) is 12.7 Å². The number of benzene rings is 1. The summed E-state index contributed by atoms with van der Waals surface area (Å²) in [6, 6.07) is 9.10. The third kappa shape index (κ3) is 1.71. The molecule has 0 spiro atoms. The first-order chi connectivity index (χ1) is 10.3. The van der Waals surface area contributed by atoms with E-state index in [-0.39, 0.29) is 17.5 Å². The number of imide groups is 1. The van der Waals surface area contributed by atoms with E-state index >= 15 is 0 Å². The van der Waals surface area contributed by atoms with Crippen LogP contribution in [0.25, 0.3) is 0 Å². The summed E-state index contributed by atoms with van der Waals surface area (Å²) in [6.07, 6.45) is 2.44. The minimum atomic E-state index is -0.338. The molecule has 2 aromatic rings. The van der Waals surface area contributed by atoms with E-state index in [1.54, 1.807) is 12.1 Å². The Morgan fingerprint density at radius 2 is 2.00 bits per heavy atom. The normalized spacial score (nSPS) is 16.9. The zero-order valence-corrected chi connectivity index (χ0v) is 11.3. The van der Waals surface area contributed by atoms with Crippen molar-refractivity contribution in [3.05, 3.63) is 58.9 Å². The van der Waals surface area contributed by atoms with E-state index in [1.807, 2.05) is 12.1 Å². The molecule has 0 saturated carbocycles. The molecule has 1 aromatic heterocycles. The van der Waals surface area contributed by atoms with Gasteiger partial charge in [-0.05, 0) is 42.3 Å². The number of aromatic nitrogens is 1. The molecule has 3 heterocycles. The minimum absolute atomic E-state index is 0.240. The van der Waals surface area contributed by atoms with E-state index in [2.05, 4.69) is 16.4 Å². The van der Waals surface area contributed by atoms with Crippen LogP contribution in [0.3, 0.4) is 0 Å². The number of amides is 2. The third-order valence-electron chi connectivity index (χ3n) is 4.01. The van der Waals surface area contributed by atoms with Gasteiger partial charge in [-0.1, -0.05) is 12.1 Å². The third-order valence-corrected chi connectivity index (χ3v) is 4.01. The van der Waals surface area contributed by atoms with Crippen molar-refractivity contribution in [2.75, 3.05) is 11.4 Å². The predicted molar refractivity (Wildman–Crippen MR) is 77.2 cm³/mol. The highest BCUT2D eigenvalue weighted by Crippen LogP contribution is 2.32. The lowest BCUT2D eigenvalue weighted by Gasteiger charge is -2.24. The molecule has 2 aliphatic rings. The lowest BCUT2D eigenvalue weighted by molar-refractivity contribution is 0.0924. The average Bonchev–Trinajstić information content (AvgIpc) is 2.79. The van der Waals surface area contributed by atoms with E-state index in [0.29, 0.717) is 17.8 Å². The zero-order chi connectivity index (χ0) is 14.4. The SMILES string of the molecule is O=C1c2cccnc2C(=O)N1c1cccc2c1CNCC2. The van der Waals surface area contributed by atoms with Crippen LogP contribution in [-0.4, -0.2) is 23.3 Å². The molecule has 104 valence electrons. The Morgan fingerprint density at radius 3 is 2.86 bits per heavy atom. The highest BCUT2D eigenvalue weighted by molar-refractivity contribution is 6.34. The van der Waals surface area contributed by atoms with Gasteiger partial charge < -0.3 is 5.32 Å². The van der Waals surface area contributed by atoms with Gasteiger partial charge in [-0.15, -0.1) is 0 Å². The minimum Gasteiger partial charge on any atom is -0.312 e. The molecule has 0 unspecified atom stereocenters. The molecule has 5 nitrogen and oxygen atoms in total. The molecule has 0 bridgehead atoms. The first-order valence-corrected chi connectivity index (χ1v) is 6.92. The monoisotopic (exact) mass is 279 g/mol. The van der Waals surface area contributed by atoms with Gasteiger partial charge in [0.2, 0.25) is 0 Å². The summed E-state index contributed by atoms with van der Waals surface area (Å²) in [5.74, 6) is -0.628.